The summed E-state index contributed by atoms with van der Waals surface area (Å²) in [6.07, 6.45) is 8.52. The lowest BCUT2D eigenvalue weighted by molar-refractivity contribution is 0.0496. The zero-order valence-corrected chi connectivity index (χ0v) is 9.46. The highest BCUT2D eigenvalue weighted by Crippen LogP contribution is 2.19. The molecule has 14 heavy (non-hydrogen) atoms. The van der Waals surface area contributed by atoms with E-state index < -0.39 is 0 Å². The van der Waals surface area contributed by atoms with Crippen molar-refractivity contribution in [1.29, 1.82) is 0 Å². The monoisotopic (exact) mass is 197 g/mol. The largest absolute Gasteiger partial charge is 0.373 e. The lowest BCUT2D eigenvalue weighted by atomic mass is 10.1. The molecular formula is C12H23NO. The Hall–Kier alpha value is -0.340. The van der Waals surface area contributed by atoms with E-state index in [9.17, 15) is 0 Å². The van der Waals surface area contributed by atoms with Gasteiger partial charge in [0.25, 0.3) is 0 Å². The van der Waals surface area contributed by atoms with Gasteiger partial charge in [-0.15, -0.1) is 0 Å². The SMILES string of the molecule is CC(C)=CCOC1CCCCCC1N. The second-order valence-electron chi connectivity index (χ2n) is 4.46. The Kier molecular flexibility index (Phi) is 5.20. The van der Waals surface area contributed by atoms with E-state index in [1.807, 2.05) is 0 Å². The van der Waals surface area contributed by atoms with Gasteiger partial charge < -0.3 is 10.5 Å². The lowest BCUT2D eigenvalue weighted by Crippen LogP contribution is -2.35. The Labute approximate surface area is 87.5 Å². The van der Waals surface area contributed by atoms with E-state index in [1.54, 1.807) is 0 Å². The fourth-order valence-corrected chi connectivity index (χ4v) is 1.85. The molecule has 0 aromatic rings. The second kappa shape index (κ2) is 6.20. The molecule has 0 heterocycles. The summed E-state index contributed by atoms with van der Waals surface area (Å²) in [5.74, 6) is 0. The minimum Gasteiger partial charge on any atom is -0.373 e. The van der Waals surface area contributed by atoms with Crippen LogP contribution in [0.15, 0.2) is 11.6 Å². The van der Waals surface area contributed by atoms with Crippen LogP contribution >= 0.6 is 0 Å². The molecule has 0 saturated heterocycles. The summed E-state index contributed by atoms with van der Waals surface area (Å²) < 4.78 is 5.78. The Morgan fingerprint density at radius 2 is 2.00 bits per heavy atom. The van der Waals surface area contributed by atoms with E-state index in [0.29, 0.717) is 0 Å². The maximum absolute atomic E-state index is 6.05. The molecule has 1 fully saturated rings. The molecule has 2 unspecified atom stereocenters. The van der Waals surface area contributed by atoms with Crippen LogP contribution in [-0.2, 0) is 4.74 Å². The van der Waals surface area contributed by atoms with Gasteiger partial charge in [-0.3, -0.25) is 0 Å². The van der Waals surface area contributed by atoms with Crippen molar-refractivity contribution in [3.63, 3.8) is 0 Å². The van der Waals surface area contributed by atoms with Crippen LogP contribution in [0, 0.1) is 0 Å². The molecule has 0 aliphatic heterocycles. The van der Waals surface area contributed by atoms with E-state index in [1.165, 1.54) is 24.8 Å². The van der Waals surface area contributed by atoms with Crippen molar-refractivity contribution >= 4 is 0 Å². The van der Waals surface area contributed by atoms with E-state index >= 15 is 0 Å². The van der Waals surface area contributed by atoms with Crippen LogP contribution in [0.4, 0.5) is 0 Å². The third-order valence-corrected chi connectivity index (χ3v) is 2.81. The van der Waals surface area contributed by atoms with Gasteiger partial charge in [-0.25, -0.2) is 0 Å². The number of allylic oxidation sites excluding steroid dienone is 1. The first kappa shape index (κ1) is 11.7. The van der Waals surface area contributed by atoms with Gasteiger partial charge in [0.05, 0.1) is 12.7 Å². The van der Waals surface area contributed by atoms with Crippen LogP contribution in [0.1, 0.15) is 46.0 Å². The maximum Gasteiger partial charge on any atom is 0.0730 e. The maximum atomic E-state index is 6.05. The molecule has 1 rings (SSSR count). The molecule has 82 valence electrons. The number of nitrogens with two attached hydrogens (primary N) is 1. The quantitative estimate of drug-likeness (QED) is 0.557. The molecule has 0 bridgehead atoms. The van der Waals surface area contributed by atoms with Crippen LogP contribution in [-0.4, -0.2) is 18.8 Å². The molecule has 1 saturated carbocycles. The predicted octanol–water partition coefficient (Wildman–Crippen LogP) is 2.63. The van der Waals surface area contributed by atoms with Crippen LogP contribution < -0.4 is 5.73 Å². The molecule has 0 spiro atoms. The summed E-state index contributed by atoms with van der Waals surface area (Å²) >= 11 is 0. The van der Waals surface area contributed by atoms with Crippen LogP contribution in [0.3, 0.4) is 0 Å². The van der Waals surface area contributed by atoms with Gasteiger partial charge in [0.1, 0.15) is 0 Å². The summed E-state index contributed by atoms with van der Waals surface area (Å²) in [5, 5.41) is 0. The first-order valence-corrected chi connectivity index (χ1v) is 5.70. The standard InChI is InChI=1S/C12H23NO/c1-10(2)8-9-14-12-7-5-3-4-6-11(12)13/h8,11-12H,3-7,9,13H2,1-2H3. The minimum absolute atomic E-state index is 0.253. The highest BCUT2D eigenvalue weighted by Gasteiger charge is 2.20. The van der Waals surface area contributed by atoms with Crippen molar-refractivity contribution in [1.82, 2.24) is 0 Å². The number of hydrogen-bond donors (Lipinski definition) is 1. The van der Waals surface area contributed by atoms with Crippen molar-refractivity contribution in [2.75, 3.05) is 6.61 Å². The van der Waals surface area contributed by atoms with E-state index in [2.05, 4.69) is 19.9 Å². The highest BCUT2D eigenvalue weighted by atomic mass is 16.5. The molecule has 0 aromatic carbocycles. The molecule has 2 heteroatoms. The van der Waals surface area contributed by atoms with Gasteiger partial charge in [0, 0.05) is 6.04 Å². The predicted molar refractivity (Wildman–Crippen MR) is 60.2 cm³/mol. The first-order valence-electron chi connectivity index (χ1n) is 5.70. The molecule has 2 atom stereocenters. The van der Waals surface area contributed by atoms with Crippen molar-refractivity contribution in [3.05, 3.63) is 11.6 Å². The van der Waals surface area contributed by atoms with Crippen molar-refractivity contribution < 1.29 is 4.74 Å². The van der Waals surface area contributed by atoms with Gasteiger partial charge in [0.2, 0.25) is 0 Å². The molecular weight excluding hydrogens is 174 g/mol. The summed E-state index contributed by atoms with van der Waals surface area (Å²) in [7, 11) is 0. The fourth-order valence-electron chi connectivity index (χ4n) is 1.85. The average molecular weight is 197 g/mol. The smallest absolute Gasteiger partial charge is 0.0730 e. The van der Waals surface area contributed by atoms with Crippen LogP contribution in [0.2, 0.25) is 0 Å². The van der Waals surface area contributed by atoms with Crippen molar-refractivity contribution in [3.8, 4) is 0 Å². The normalized spacial score (nSPS) is 28.2. The average Bonchev–Trinajstić information content (AvgIpc) is 2.31. The Morgan fingerprint density at radius 1 is 1.29 bits per heavy atom. The van der Waals surface area contributed by atoms with Crippen molar-refractivity contribution in [2.45, 2.75) is 58.1 Å². The van der Waals surface area contributed by atoms with Crippen molar-refractivity contribution in [2.24, 2.45) is 5.73 Å². The second-order valence-corrected chi connectivity index (χ2v) is 4.46. The van der Waals surface area contributed by atoms with Crippen LogP contribution in [0.5, 0.6) is 0 Å². The lowest BCUT2D eigenvalue weighted by Gasteiger charge is -2.21. The topological polar surface area (TPSA) is 35.2 Å². The Balaban J connectivity index is 2.29. The number of ether oxygens (including phenoxy) is 1. The molecule has 2 nitrogen and oxygen atoms in total. The van der Waals surface area contributed by atoms with Gasteiger partial charge in [-0.05, 0) is 26.7 Å². The van der Waals surface area contributed by atoms with E-state index in [0.717, 1.165) is 19.4 Å². The zero-order valence-electron chi connectivity index (χ0n) is 9.46. The summed E-state index contributed by atoms with van der Waals surface area (Å²) in [4.78, 5) is 0. The fraction of sp³-hybridized carbons (Fsp3) is 0.833. The number of rotatable bonds is 3. The molecule has 0 radical (unpaired) electrons. The molecule has 0 aromatic heterocycles. The highest BCUT2D eigenvalue weighted by molar-refractivity contribution is 4.93. The number of hydrogen-bond acceptors (Lipinski definition) is 2. The van der Waals surface area contributed by atoms with E-state index in [4.69, 9.17) is 10.5 Å². The molecule has 0 amide bonds. The van der Waals surface area contributed by atoms with Gasteiger partial charge >= 0.3 is 0 Å². The molecule has 2 N–H and O–H groups in total. The summed E-state index contributed by atoms with van der Waals surface area (Å²) in [6.45, 7) is 4.91. The van der Waals surface area contributed by atoms with Gasteiger partial charge in [-0.1, -0.05) is 30.9 Å². The van der Waals surface area contributed by atoms with E-state index in [-0.39, 0.29) is 12.1 Å². The summed E-state index contributed by atoms with van der Waals surface area (Å²) in [5.41, 5.74) is 7.36. The van der Waals surface area contributed by atoms with Crippen LogP contribution in [0.25, 0.3) is 0 Å². The minimum atomic E-state index is 0.253. The summed E-state index contributed by atoms with van der Waals surface area (Å²) in [6, 6.07) is 0.253. The third-order valence-electron chi connectivity index (χ3n) is 2.81. The Bertz CT molecular complexity index is 185. The third kappa shape index (κ3) is 4.25. The Morgan fingerprint density at radius 3 is 2.71 bits per heavy atom. The van der Waals surface area contributed by atoms with Gasteiger partial charge in [0.15, 0.2) is 0 Å². The molecule has 1 aliphatic carbocycles. The van der Waals surface area contributed by atoms with Gasteiger partial charge in [-0.2, -0.15) is 0 Å². The molecule has 1 aliphatic rings. The first-order chi connectivity index (χ1) is 6.70. The zero-order chi connectivity index (χ0) is 10.4.